The number of anilines is 1. The Labute approximate surface area is 142 Å². The fourth-order valence-electron chi connectivity index (χ4n) is 2.83. The second kappa shape index (κ2) is 5.49. The molecule has 0 aliphatic carbocycles. The van der Waals surface area contributed by atoms with Crippen molar-refractivity contribution in [3.8, 4) is 11.3 Å². The van der Waals surface area contributed by atoms with Crippen molar-refractivity contribution in [2.24, 2.45) is 0 Å². The third kappa shape index (κ3) is 2.30. The average molecular weight is 342 g/mol. The van der Waals surface area contributed by atoms with E-state index in [9.17, 15) is 9.18 Å². The number of furan rings is 1. The van der Waals surface area contributed by atoms with Gasteiger partial charge in [0.25, 0.3) is 5.91 Å². The maximum atomic E-state index is 13.9. The van der Waals surface area contributed by atoms with E-state index in [1.807, 2.05) is 13.8 Å². The topological polar surface area (TPSA) is 54.3 Å². The molecule has 122 valence electrons. The molecule has 1 aliphatic rings. The number of carbonyl (C=O) groups is 1. The molecule has 4 rings (SSSR count). The van der Waals surface area contributed by atoms with Gasteiger partial charge in [0.2, 0.25) is 0 Å². The van der Waals surface area contributed by atoms with Crippen LogP contribution >= 0.6 is 11.3 Å². The number of thiophene rings is 1. The Bertz CT molecular complexity index is 944. The van der Waals surface area contributed by atoms with E-state index in [4.69, 9.17) is 4.42 Å². The van der Waals surface area contributed by atoms with Crippen LogP contribution in [0.15, 0.2) is 40.8 Å². The number of amides is 1. The molecule has 3 aromatic rings. The molecule has 2 N–H and O–H groups in total. The van der Waals surface area contributed by atoms with Gasteiger partial charge in [0.15, 0.2) is 6.17 Å². The van der Waals surface area contributed by atoms with Crippen LogP contribution in [0.4, 0.5) is 9.39 Å². The first-order valence-corrected chi connectivity index (χ1v) is 8.38. The zero-order chi connectivity index (χ0) is 16.8. The SMILES string of the molecule is Cc1sc2c(c1C)C(=O)NC(c1ccc(-c3ccccc3F)o1)N2. The van der Waals surface area contributed by atoms with E-state index in [1.54, 1.807) is 41.7 Å². The van der Waals surface area contributed by atoms with Crippen LogP contribution in [0, 0.1) is 19.7 Å². The molecule has 4 nitrogen and oxygen atoms in total. The van der Waals surface area contributed by atoms with Crippen LogP contribution < -0.4 is 10.6 Å². The number of carbonyl (C=O) groups excluding carboxylic acids is 1. The lowest BCUT2D eigenvalue weighted by atomic mass is 10.1. The van der Waals surface area contributed by atoms with E-state index in [0.717, 1.165) is 15.4 Å². The predicted octanol–water partition coefficient (Wildman–Crippen LogP) is 4.62. The Hall–Kier alpha value is -2.60. The van der Waals surface area contributed by atoms with Gasteiger partial charge in [-0.05, 0) is 43.7 Å². The summed E-state index contributed by atoms with van der Waals surface area (Å²) in [6, 6.07) is 9.90. The van der Waals surface area contributed by atoms with Gasteiger partial charge >= 0.3 is 0 Å². The summed E-state index contributed by atoms with van der Waals surface area (Å²) in [5.41, 5.74) is 2.08. The van der Waals surface area contributed by atoms with E-state index in [-0.39, 0.29) is 11.7 Å². The molecule has 0 saturated heterocycles. The third-order valence-electron chi connectivity index (χ3n) is 4.21. The number of nitrogens with one attached hydrogen (secondary N) is 2. The molecule has 1 atom stereocenters. The smallest absolute Gasteiger partial charge is 0.256 e. The van der Waals surface area contributed by atoms with Crippen molar-refractivity contribution in [1.82, 2.24) is 5.32 Å². The standard InChI is InChI=1S/C18H15FN2O2S/c1-9-10(2)24-18-15(9)17(22)20-16(21-18)14-8-7-13(23-14)11-5-3-4-6-12(11)19/h3-8,16,21H,1-2H3,(H,20,22). The van der Waals surface area contributed by atoms with Gasteiger partial charge in [-0.3, -0.25) is 4.79 Å². The van der Waals surface area contributed by atoms with Crippen LogP contribution in [0.25, 0.3) is 11.3 Å². The highest BCUT2D eigenvalue weighted by Crippen LogP contribution is 2.38. The lowest BCUT2D eigenvalue weighted by molar-refractivity contribution is 0.0931. The van der Waals surface area contributed by atoms with E-state index in [0.29, 0.717) is 22.6 Å². The van der Waals surface area contributed by atoms with E-state index >= 15 is 0 Å². The van der Waals surface area contributed by atoms with Gasteiger partial charge in [0.05, 0.1) is 11.1 Å². The number of hydrogen-bond donors (Lipinski definition) is 2. The highest BCUT2D eigenvalue weighted by molar-refractivity contribution is 7.16. The van der Waals surface area contributed by atoms with Gasteiger partial charge in [-0.2, -0.15) is 0 Å². The summed E-state index contributed by atoms with van der Waals surface area (Å²) in [6.45, 7) is 3.93. The summed E-state index contributed by atoms with van der Waals surface area (Å²) in [4.78, 5) is 13.5. The molecular formula is C18H15FN2O2S. The molecule has 3 heterocycles. The number of fused-ring (bicyclic) bond motifs is 1. The number of hydrogen-bond acceptors (Lipinski definition) is 4. The Morgan fingerprint density at radius 2 is 1.92 bits per heavy atom. The Morgan fingerprint density at radius 1 is 1.12 bits per heavy atom. The van der Waals surface area contributed by atoms with Crippen molar-refractivity contribution < 1.29 is 13.6 Å². The van der Waals surface area contributed by atoms with Crippen molar-refractivity contribution in [3.05, 3.63) is 64.0 Å². The fourth-order valence-corrected chi connectivity index (χ4v) is 3.91. The van der Waals surface area contributed by atoms with Gasteiger partial charge in [-0.15, -0.1) is 11.3 Å². The lowest BCUT2D eigenvalue weighted by Crippen LogP contribution is -2.37. The van der Waals surface area contributed by atoms with Crippen LogP contribution in [0.3, 0.4) is 0 Å². The van der Waals surface area contributed by atoms with Gasteiger partial charge in [-0.1, -0.05) is 12.1 Å². The fraction of sp³-hybridized carbons (Fsp3) is 0.167. The van der Waals surface area contributed by atoms with Crippen molar-refractivity contribution in [3.63, 3.8) is 0 Å². The molecule has 0 saturated carbocycles. The van der Waals surface area contributed by atoms with E-state index in [2.05, 4.69) is 10.6 Å². The van der Waals surface area contributed by atoms with Crippen molar-refractivity contribution in [2.75, 3.05) is 5.32 Å². The molecule has 0 bridgehead atoms. The summed E-state index contributed by atoms with van der Waals surface area (Å²) in [6.07, 6.45) is -0.469. The largest absolute Gasteiger partial charge is 0.457 e. The maximum absolute atomic E-state index is 13.9. The van der Waals surface area contributed by atoms with Crippen LogP contribution in [-0.4, -0.2) is 5.91 Å². The Kier molecular flexibility index (Phi) is 3.42. The molecule has 0 radical (unpaired) electrons. The first-order chi connectivity index (χ1) is 11.5. The molecule has 24 heavy (non-hydrogen) atoms. The van der Waals surface area contributed by atoms with Gasteiger partial charge in [-0.25, -0.2) is 4.39 Å². The average Bonchev–Trinajstić information content (AvgIpc) is 3.14. The van der Waals surface area contributed by atoms with Crippen LogP contribution in [0.2, 0.25) is 0 Å². The predicted molar refractivity (Wildman–Crippen MR) is 91.7 cm³/mol. The van der Waals surface area contributed by atoms with Gasteiger partial charge in [0, 0.05) is 4.88 Å². The lowest BCUT2D eigenvalue weighted by Gasteiger charge is -2.24. The summed E-state index contributed by atoms with van der Waals surface area (Å²) in [5, 5.41) is 7.01. The summed E-state index contributed by atoms with van der Waals surface area (Å²) in [5.74, 6) is 0.504. The zero-order valence-electron chi connectivity index (χ0n) is 13.1. The molecule has 1 unspecified atom stereocenters. The minimum absolute atomic E-state index is 0.126. The number of aryl methyl sites for hydroxylation is 1. The quantitative estimate of drug-likeness (QED) is 0.714. The third-order valence-corrected chi connectivity index (χ3v) is 5.35. The minimum atomic E-state index is -0.469. The first kappa shape index (κ1) is 15.0. The normalized spacial score (nSPS) is 16.5. The molecule has 0 fully saturated rings. The second-order valence-electron chi connectivity index (χ2n) is 5.72. The molecular weight excluding hydrogens is 327 g/mol. The Balaban J connectivity index is 1.67. The molecule has 1 aromatic carbocycles. The Morgan fingerprint density at radius 3 is 2.71 bits per heavy atom. The summed E-state index contributed by atoms with van der Waals surface area (Å²) in [7, 11) is 0. The van der Waals surface area contributed by atoms with Crippen LogP contribution in [0.5, 0.6) is 0 Å². The number of halogens is 1. The maximum Gasteiger partial charge on any atom is 0.256 e. The monoisotopic (exact) mass is 342 g/mol. The van der Waals surface area contributed by atoms with Crippen molar-refractivity contribution >= 4 is 22.2 Å². The molecule has 2 aromatic heterocycles. The van der Waals surface area contributed by atoms with Gasteiger partial charge < -0.3 is 15.1 Å². The highest BCUT2D eigenvalue weighted by atomic mass is 32.1. The number of benzene rings is 1. The van der Waals surface area contributed by atoms with Crippen molar-refractivity contribution in [1.29, 1.82) is 0 Å². The molecule has 1 amide bonds. The van der Waals surface area contributed by atoms with E-state index in [1.165, 1.54) is 6.07 Å². The van der Waals surface area contributed by atoms with E-state index < -0.39 is 6.17 Å². The minimum Gasteiger partial charge on any atom is -0.457 e. The van der Waals surface area contributed by atoms with Gasteiger partial charge in [0.1, 0.15) is 22.3 Å². The molecule has 1 aliphatic heterocycles. The number of rotatable bonds is 2. The summed E-state index contributed by atoms with van der Waals surface area (Å²) >= 11 is 1.55. The first-order valence-electron chi connectivity index (χ1n) is 7.56. The van der Waals surface area contributed by atoms with Crippen LogP contribution in [0.1, 0.15) is 32.7 Å². The zero-order valence-corrected chi connectivity index (χ0v) is 14.0. The molecule has 0 spiro atoms. The van der Waals surface area contributed by atoms with Crippen molar-refractivity contribution in [2.45, 2.75) is 20.0 Å². The molecule has 6 heteroatoms. The second-order valence-corrected chi connectivity index (χ2v) is 6.94. The van der Waals surface area contributed by atoms with Crippen LogP contribution in [-0.2, 0) is 0 Å². The summed E-state index contributed by atoms with van der Waals surface area (Å²) < 4.78 is 19.7. The highest BCUT2D eigenvalue weighted by Gasteiger charge is 2.30.